The molecule has 0 N–H and O–H groups in total. The Bertz CT molecular complexity index is 774. The van der Waals surface area contributed by atoms with E-state index in [1.165, 1.54) is 0 Å². The molecule has 108 valence electrons. The molecule has 3 rings (SSSR count). The predicted molar refractivity (Wildman–Crippen MR) is 88.3 cm³/mol. The number of benzene rings is 3. The van der Waals surface area contributed by atoms with E-state index in [2.05, 4.69) is 0 Å². The highest BCUT2D eigenvalue weighted by Crippen LogP contribution is 2.22. The van der Waals surface area contributed by atoms with Crippen LogP contribution in [0, 0.1) is 0 Å². The van der Waals surface area contributed by atoms with Gasteiger partial charge in [-0.2, -0.15) is 0 Å². The van der Waals surface area contributed by atoms with Gasteiger partial charge in [-0.1, -0.05) is 48.5 Å². The predicted octanol–water partition coefficient (Wildman–Crippen LogP) is 4.59. The molecule has 0 fully saturated rings. The van der Waals surface area contributed by atoms with Crippen molar-refractivity contribution in [3.05, 3.63) is 90.0 Å². The van der Waals surface area contributed by atoms with E-state index in [4.69, 9.17) is 4.74 Å². The van der Waals surface area contributed by atoms with Crippen LogP contribution in [-0.2, 0) is 0 Å². The second kappa shape index (κ2) is 6.27. The second-order valence-corrected chi connectivity index (χ2v) is 5.00. The summed E-state index contributed by atoms with van der Waals surface area (Å²) in [7, 11) is 1.61. The maximum absolute atomic E-state index is 12.6. The Kier molecular flexibility index (Phi) is 4.01. The molecule has 0 saturated carbocycles. The zero-order chi connectivity index (χ0) is 15.4. The van der Waals surface area contributed by atoms with Crippen LogP contribution in [0.2, 0.25) is 0 Å². The zero-order valence-electron chi connectivity index (χ0n) is 12.3. The summed E-state index contributed by atoms with van der Waals surface area (Å²) < 4.78 is 5.12. The van der Waals surface area contributed by atoms with Gasteiger partial charge in [-0.05, 0) is 41.5 Å². The molecule has 2 nitrogen and oxygen atoms in total. The minimum atomic E-state index is 0.0143. The highest BCUT2D eigenvalue weighted by molar-refractivity contribution is 6.09. The number of methoxy groups -OCH3 is 1. The minimum Gasteiger partial charge on any atom is -0.497 e. The van der Waals surface area contributed by atoms with E-state index < -0.39 is 0 Å². The third-order valence-electron chi connectivity index (χ3n) is 3.58. The van der Waals surface area contributed by atoms with E-state index in [1.54, 1.807) is 31.4 Å². The highest BCUT2D eigenvalue weighted by Gasteiger charge is 2.10. The van der Waals surface area contributed by atoms with Crippen LogP contribution in [0.3, 0.4) is 0 Å². The molecule has 0 aromatic heterocycles. The fraction of sp³-hybridized carbons (Fsp3) is 0.0500. The molecule has 0 unspecified atom stereocenters. The normalized spacial score (nSPS) is 10.2. The lowest BCUT2D eigenvalue weighted by atomic mass is 9.98. The summed E-state index contributed by atoms with van der Waals surface area (Å²) in [5.74, 6) is 0.759. The van der Waals surface area contributed by atoms with Gasteiger partial charge in [0.1, 0.15) is 5.75 Å². The molecule has 2 heteroatoms. The van der Waals surface area contributed by atoms with Gasteiger partial charge in [0.25, 0.3) is 0 Å². The Labute approximate surface area is 130 Å². The Balaban J connectivity index is 1.92. The molecule has 0 amide bonds. The quantitative estimate of drug-likeness (QED) is 0.656. The number of carbonyl (C=O) groups is 1. The van der Waals surface area contributed by atoms with Crippen LogP contribution in [-0.4, -0.2) is 12.9 Å². The van der Waals surface area contributed by atoms with Crippen molar-refractivity contribution < 1.29 is 9.53 Å². The van der Waals surface area contributed by atoms with Crippen molar-refractivity contribution in [1.29, 1.82) is 0 Å². The first-order chi connectivity index (χ1) is 10.8. The topological polar surface area (TPSA) is 26.3 Å². The van der Waals surface area contributed by atoms with E-state index >= 15 is 0 Å². The van der Waals surface area contributed by atoms with Crippen molar-refractivity contribution >= 4 is 5.78 Å². The van der Waals surface area contributed by atoms with Gasteiger partial charge >= 0.3 is 0 Å². The molecule has 0 atom stereocenters. The van der Waals surface area contributed by atoms with Crippen molar-refractivity contribution in [2.45, 2.75) is 0 Å². The van der Waals surface area contributed by atoms with E-state index in [1.807, 2.05) is 54.6 Å². The standard InChI is InChI=1S/C20H16O2/c1-22-19-12-10-16(11-13-19)20(21)18-9-5-8-17(14-18)15-6-3-2-4-7-15/h2-14H,1H3. The number of ketones is 1. The van der Waals surface area contributed by atoms with Gasteiger partial charge in [0.15, 0.2) is 5.78 Å². The third-order valence-corrected chi connectivity index (χ3v) is 3.58. The summed E-state index contributed by atoms with van der Waals surface area (Å²) in [5, 5.41) is 0. The van der Waals surface area contributed by atoms with Crippen molar-refractivity contribution in [2.75, 3.05) is 7.11 Å². The van der Waals surface area contributed by atoms with Crippen LogP contribution in [0.4, 0.5) is 0 Å². The van der Waals surface area contributed by atoms with Gasteiger partial charge in [-0.3, -0.25) is 4.79 Å². The van der Waals surface area contributed by atoms with Gasteiger partial charge in [-0.15, -0.1) is 0 Å². The molecular weight excluding hydrogens is 272 g/mol. The van der Waals surface area contributed by atoms with E-state index in [0.29, 0.717) is 11.1 Å². The fourth-order valence-electron chi connectivity index (χ4n) is 2.38. The van der Waals surface area contributed by atoms with Gasteiger partial charge in [0.2, 0.25) is 0 Å². The lowest BCUT2D eigenvalue weighted by Gasteiger charge is -2.06. The van der Waals surface area contributed by atoms with Crippen molar-refractivity contribution in [1.82, 2.24) is 0 Å². The minimum absolute atomic E-state index is 0.0143. The molecule has 0 heterocycles. The number of hydrogen-bond acceptors (Lipinski definition) is 2. The Morgan fingerprint density at radius 3 is 2.09 bits per heavy atom. The molecular formula is C20H16O2. The summed E-state index contributed by atoms with van der Waals surface area (Å²) in [5.41, 5.74) is 3.49. The van der Waals surface area contributed by atoms with Gasteiger partial charge in [-0.25, -0.2) is 0 Å². The van der Waals surface area contributed by atoms with Gasteiger partial charge < -0.3 is 4.74 Å². The van der Waals surface area contributed by atoms with Crippen LogP contribution in [0.1, 0.15) is 15.9 Å². The Morgan fingerprint density at radius 2 is 1.41 bits per heavy atom. The zero-order valence-corrected chi connectivity index (χ0v) is 12.3. The molecule has 3 aromatic rings. The molecule has 0 saturated heterocycles. The number of carbonyl (C=O) groups excluding carboxylic acids is 1. The van der Waals surface area contributed by atoms with Crippen molar-refractivity contribution in [2.24, 2.45) is 0 Å². The summed E-state index contributed by atoms with van der Waals surface area (Å²) >= 11 is 0. The maximum atomic E-state index is 12.6. The van der Waals surface area contributed by atoms with Crippen LogP contribution in [0.15, 0.2) is 78.9 Å². The second-order valence-electron chi connectivity index (χ2n) is 5.00. The first kappa shape index (κ1) is 14.1. The fourth-order valence-corrected chi connectivity index (χ4v) is 2.38. The van der Waals surface area contributed by atoms with E-state index in [9.17, 15) is 4.79 Å². The number of rotatable bonds is 4. The third kappa shape index (κ3) is 2.91. The summed E-state index contributed by atoms with van der Waals surface area (Å²) in [4.78, 5) is 12.6. The summed E-state index contributed by atoms with van der Waals surface area (Å²) in [6.07, 6.45) is 0. The lowest BCUT2D eigenvalue weighted by molar-refractivity contribution is 0.103. The average Bonchev–Trinajstić information content (AvgIpc) is 2.62. The smallest absolute Gasteiger partial charge is 0.193 e. The van der Waals surface area contributed by atoms with Crippen LogP contribution < -0.4 is 4.74 Å². The van der Waals surface area contributed by atoms with Gasteiger partial charge in [0.05, 0.1) is 7.11 Å². The first-order valence-electron chi connectivity index (χ1n) is 7.12. The van der Waals surface area contributed by atoms with E-state index in [-0.39, 0.29) is 5.78 Å². The number of ether oxygens (including phenoxy) is 1. The molecule has 0 radical (unpaired) electrons. The Hall–Kier alpha value is -2.87. The maximum Gasteiger partial charge on any atom is 0.193 e. The van der Waals surface area contributed by atoms with E-state index in [0.717, 1.165) is 16.9 Å². The Morgan fingerprint density at radius 1 is 0.727 bits per heavy atom. The first-order valence-corrected chi connectivity index (χ1v) is 7.12. The monoisotopic (exact) mass is 288 g/mol. The van der Waals surface area contributed by atoms with Crippen LogP contribution in [0.25, 0.3) is 11.1 Å². The summed E-state index contributed by atoms with van der Waals surface area (Å²) in [6.45, 7) is 0. The lowest BCUT2D eigenvalue weighted by Crippen LogP contribution is -2.01. The van der Waals surface area contributed by atoms with Crippen LogP contribution in [0.5, 0.6) is 5.75 Å². The molecule has 3 aromatic carbocycles. The molecule has 0 spiro atoms. The van der Waals surface area contributed by atoms with Gasteiger partial charge in [0, 0.05) is 11.1 Å². The highest BCUT2D eigenvalue weighted by atomic mass is 16.5. The van der Waals surface area contributed by atoms with Crippen molar-refractivity contribution in [3.8, 4) is 16.9 Å². The molecule has 0 aliphatic carbocycles. The number of hydrogen-bond donors (Lipinski definition) is 0. The average molecular weight is 288 g/mol. The molecule has 0 aliphatic rings. The SMILES string of the molecule is COc1ccc(C(=O)c2cccc(-c3ccccc3)c2)cc1. The van der Waals surface area contributed by atoms with Crippen molar-refractivity contribution in [3.63, 3.8) is 0 Å². The molecule has 0 aliphatic heterocycles. The largest absolute Gasteiger partial charge is 0.497 e. The van der Waals surface area contributed by atoms with Crippen LogP contribution >= 0.6 is 0 Å². The molecule has 0 bridgehead atoms. The molecule has 22 heavy (non-hydrogen) atoms. The summed E-state index contributed by atoms with van der Waals surface area (Å²) in [6, 6.07) is 24.9.